The van der Waals surface area contributed by atoms with Crippen molar-refractivity contribution in [3.63, 3.8) is 0 Å². The normalized spacial score (nSPS) is 20.3. The number of rotatable bonds is 2. The monoisotopic (exact) mass is 266 g/mol. The minimum atomic E-state index is -1.11. The number of hydrogen-bond donors (Lipinski definition) is 1. The molecule has 0 atom stereocenters. The average molecular weight is 266 g/mol. The van der Waals surface area contributed by atoms with Gasteiger partial charge in [0, 0.05) is 5.56 Å². The summed E-state index contributed by atoms with van der Waals surface area (Å²) in [7, 11) is 0. The number of benzene rings is 1. The Hall–Kier alpha value is -1.78. The SMILES string of the molecule is O=C(O)C1(c2ccc3c(c2F)OCCO3)CCCC1. The van der Waals surface area contributed by atoms with Gasteiger partial charge < -0.3 is 14.6 Å². The lowest BCUT2D eigenvalue weighted by Gasteiger charge is -2.27. The summed E-state index contributed by atoms with van der Waals surface area (Å²) in [6.45, 7) is 0.670. The maximum Gasteiger partial charge on any atom is 0.314 e. The van der Waals surface area contributed by atoms with Crippen LogP contribution in [0.15, 0.2) is 12.1 Å². The van der Waals surface area contributed by atoms with E-state index in [4.69, 9.17) is 9.47 Å². The van der Waals surface area contributed by atoms with Gasteiger partial charge >= 0.3 is 5.97 Å². The van der Waals surface area contributed by atoms with E-state index in [1.54, 1.807) is 6.07 Å². The third kappa shape index (κ3) is 1.76. The van der Waals surface area contributed by atoms with E-state index in [1.165, 1.54) is 6.07 Å². The lowest BCUT2D eigenvalue weighted by atomic mass is 9.78. The molecule has 0 amide bonds. The molecule has 19 heavy (non-hydrogen) atoms. The number of hydrogen-bond acceptors (Lipinski definition) is 3. The van der Waals surface area contributed by atoms with Crippen molar-refractivity contribution in [2.45, 2.75) is 31.1 Å². The van der Waals surface area contributed by atoms with Crippen LogP contribution in [-0.2, 0) is 10.2 Å². The Morgan fingerprint density at radius 3 is 2.58 bits per heavy atom. The Labute approximate surface area is 110 Å². The van der Waals surface area contributed by atoms with Gasteiger partial charge in [-0.15, -0.1) is 0 Å². The van der Waals surface area contributed by atoms with Gasteiger partial charge in [0.1, 0.15) is 13.2 Å². The maximum absolute atomic E-state index is 14.5. The smallest absolute Gasteiger partial charge is 0.314 e. The number of carboxylic acids is 1. The summed E-state index contributed by atoms with van der Waals surface area (Å²) >= 11 is 0. The van der Waals surface area contributed by atoms with Gasteiger partial charge in [-0.25, -0.2) is 4.39 Å². The lowest BCUT2D eigenvalue weighted by molar-refractivity contribution is -0.143. The second kappa shape index (κ2) is 4.40. The molecule has 1 aromatic rings. The van der Waals surface area contributed by atoms with Gasteiger partial charge in [-0.3, -0.25) is 4.79 Å². The summed E-state index contributed by atoms with van der Waals surface area (Å²) in [5.74, 6) is -1.13. The Balaban J connectivity index is 2.12. The largest absolute Gasteiger partial charge is 0.486 e. The van der Waals surface area contributed by atoms with Gasteiger partial charge in [-0.05, 0) is 18.9 Å². The molecule has 0 aromatic heterocycles. The fraction of sp³-hybridized carbons (Fsp3) is 0.500. The van der Waals surface area contributed by atoms with Crippen LogP contribution in [0.4, 0.5) is 4.39 Å². The molecule has 1 heterocycles. The Kier molecular flexibility index (Phi) is 2.84. The van der Waals surface area contributed by atoms with E-state index in [9.17, 15) is 14.3 Å². The summed E-state index contributed by atoms with van der Waals surface area (Å²) in [6.07, 6.45) is 2.55. The molecule has 5 heteroatoms. The molecule has 0 unspecified atom stereocenters. The molecule has 1 aliphatic heterocycles. The molecule has 1 aliphatic carbocycles. The van der Waals surface area contributed by atoms with E-state index in [0.29, 0.717) is 25.2 Å². The van der Waals surface area contributed by atoms with Crippen LogP contribution in [0.2, 0.25) is 0 Å². The topological polar surface area (TPSA) is 55.8 Å². The van der Waals surface area contributed by atoms with Crippen LogP contribution in [0.3, 0.4) is 0 Å². The van der Waals surface area contributed by atoms with Crippen LogP contribution in [0.5, 0.6) is 11.5 Å². The van der Waals surface area contributed by atoms with Crippen molar-refractivity contribution >= 4 is 5.97 Å². The number of carbonyl (C=O) groups is 1. The molecular formula is C14H15FO4. The first kappa shape index (κ1) is 12.3. The number of fused-ring (bicyclic) bond motifs is 1. The maximum atomic E-state index is 14.5. The Morgan fingerprint density at radius 1 is 1.21 bits per heavy atom. The van der Waals surface area contributed by atoms with Crippen molar-refractivity contribution in [2.75, 3.05) is 13.2 Å². The Bertz CT molecular complexity index is 520. The molecule has 0 spiro atoms. The number of aliphatic carboxylic acids is 1. The van der Waals surface area contributed by atoms with E-state index in [1.807, 2.05) is 0 Å². The first-order valence-corrected chi connectivity index (χ1v) is 6.47. The Morgan fingerprint density at radius 2 is 1.89 bits per heavy atom. The summed E-state index contributed by atoms with van der Waals surface area (Å²) in [5.41, 5.74) is -0.887. The molecule has 0 saturated heterocycles. The molecule has 0 bridgehead atoms. The van der Waals surface area contributed by atoms with Crippen molar-refractivity contribution in [3.05, 3.63) is 23.5 Å². The summed E-state index contributed by atoms with van der Waals surface area (Å²) in [6, 6.07) is 3.14. The van der Waals surface area contributed by atoms with E-state index in [2.05, 4.69) is 0 Å². The van der Waals surface area contributed by atoms with E-state index < -0.39 is 17.2 Å². The van der Waals surface area contributed by atoms with Crippen molar-refractivity contribution in [2.24, 2.45) is 0 Å². The van der Waals surface area contributed by atoms with E-state index in [0.717, 1.165) is 12.8 Å². The van der Waals surface area contributed by atoms with Gasteiger partial charge in [0.25, 0.3) is 0 Å². The first-order chi connectivity index (χ1) is 9.15. The molecule has 0 radical (unpaired) electrons. The lowest BCUT2D eigenvalue weighted by Crippen LogP contribution is -2.34. The van der Waals surface area contributed by atoms with E-state index in [-0.39, 0.29) is 17.9 Å². The fourth-order valence-electron chi connectivity index (χ4n) is 3.03. The summed E-state index contributed by atoms with van der Waals surface area (Å²) in [4.78, 5) is 11.6. The van der Waals surface area contributed by atoms with Crippen LogP contribution in [-0.4, -0.2) is 24.3 Å². The zero-order valence-corrected chi connectivity index (χ0v) is 10.4. The molecule has 1 aromatic carbocycles. The second-order valence-corrected chi connectivity index (χ2v) is 5.05. The summed E-state index contributed by atoms with van der Waals surface area (Å²) < 4.78 is 25.1. The molecule has 1 fully saturated rings. The van der Waals surface area contributed by atoms with Crippen molar-refractivity contribution in [1.82, 2.24) is 0 Å². The minimum Gasteiger partial charge on any atom is -0.486 e. The second-order valence-electron chi connectivity index (χ2n) is 5.05. The summed E-state index contributed by atoms with van der Waals surface area (Å²) in [5, 5.41) is 9.51. The zero-order valence-electron chi connectivity index (χ0n) is 10.4. The molecular weight excluding hydrogens is 251 g/mol. The van der Waals surface area contributed by atoms with Crippen LogP contribution >= 0.6 is 0 Å². The highest BCUT2D eigenvalue weighted by Gasteiger charge is 2.45. The van der Waals surface area contributed by atoms with Crippen molar-refractivity contribution < 1.29 is 23.8 Å². The van der Waals surface area contributed by atoms with Crippen molar-refractivity contribution in [3.8, 4) is 11.5 Å². The molecule has 102 valence electrons. The quantitative estimate of drug-likeness (QED) is 0.893. The number of carboxylic acid groups (broad SMARTS) is 1. The molecule has 2 aliphatic rings. The average Bonchev–Trinajstić information content (AvgIpc) is 2.90. The zero-order chi connectivity index (χ0) is 13.5. The third-order valence-electron chi connectivity index (χ3n) is 4.03. The number of halogens is 1. The predicted molar refractivity (Wildman–Crippen MR) is 65.2 cm³/mol. The van der Waals surface area contributed by atoms with E-state index >= 15 is 0 Å². The van der Waals surface area contributed by atoms with Crippen LogP contribution in [0.25, 0.3) is 0 Å². The highest BCUT2D eigenvalue weighted by atomic mass is 19.1. The highest BCUT2D eigenvalue weighted by Crippen LogP contribution is 2.46. The number of ether oxygens (including phenoxy) is 2. The van der Waals surface area contributed by atoms with Gasteiger partial charge in [-0.2, -0.15) is 0 Å². The van der Waals surface area contributed by atoms with Gasteiger partial charge in [-0.1, -0.05) is 18.9 Å². The standard InChI is InChI=1S/C14H15FO4/c15-11-9(14(13(16)17)5-1-2-6-14)3-4-10-12(11)19-8-7-18-10/h3-4H,1-2,5-8H2,(H,16,17). The third-order valence-corrected chi connectivity index (χ3v) is 4.03. The van der Waals surface area contributed by atoms with Gasteiger partial charge in [0.05, 0.1) is 5.41 Å². The molecule has 3 rings (SSSR count). The fourth-order valence-corrected chi connectivity index (χ4v) is 3.03. The van der Waals surface area contributed by atoms with Crippen molar-refractivity contribution in [1.29, 1.82) is 0 Å². The molecule has 1 saturated carbocycles. The van der Waals surface area contributed by atoms with Crippen LogP contribution in [0.1, 0.15) is 31.2 Å². The first-order valence-electron chi connectivity index (χ1n) is 6.47. The minimum absolute atomic E-state index is 0.0521. The van der Waals surface area contributed by atoms with Crippen LogP contribution < -0.4 is 9.47 Å². The highest BCUT2D eigenvalue weighted by molar-refractivity contribution is 5.82. The van der Waals surface area contributed by atoms with Crippen LogP contribution in [0, 0.1) is 5.82 Å². The predicted octanol–water partition coefficient (Wildman–Crippen LogP) is 2.49. The molecule has 4 nitrogen and oxygen atoms in total. The van der Waals surface area contributed by atoms with Gasteiger partial charge in [0.15, 0.2) is 17.3 Å². The van der Waals surface area contributed by atoms with Gasteiger partial charge in [0.2, 0.25) is 0 Å². The molecule has 1 N–H and O–H groups in total.